The first kappa shape index (κ1) is 23.7. The number of nitrogens with zero attached hydrogens (tertiary/aromatic N) is 3. The molecule has 0 aliphatic heterocycles. The van der Waals surface area contributed by atoms with E-state index in [0.717, 1.165) is 5.56 Å². The summed E-state index contributed by atoms with van der Waals surface area (Å²) in [6.45, 7) is 3.38. The number of guanidine groups is 1. The molecule has 0 saturated carbocycles. The van der Waals surface area contributed by atoms with Crippen molar-refractivity contribution in [2.24, 2.45) is 16.6 Å². The lowest BCUT2D eigenvalue weighted by Gasteiger charge is -2.19. The number of aryl methyl sites for hydroxylation is 2. The fourth-order valence-electron chi connectivity index (χ4n) is 2.61. The highest BCUT2D eigenvalue weighted by Gasteiger charge is 2.19. The van der Waals surface area contributed by atoms with Crippen LogP contribution in [0.2, 0.25) is 0 Å². The molecule has 11 nitrogen and oxygen atoms in total. The number of nitrogens with two attached hydrogens (primary N) is 2. The van der Waals surface area contributed by atoms with Crippen LogP contribution < -0.4 is 21.7 Å². The number of amides is 1. The minimum atomic E-state index is -3.96. The summed E-state index contributed by atoms with van der Waals surface area (Å²) in [6.07, 6.45) is 0. The van der Waals surface area contributed by atoms with Crippen LogP contribution in [-0.4, -0.2) is 50.0 Å². The lowest BCUT2D eigenvalue weighted by molar-refractivity contribution is -0.131. The molecule has 168 valence electrons. The average Bonchev–Trinajstić information content (AvgIpc) is 2.70. The third kappa shape index (κ3) is 6.47. The van der Waals surface area contributed by atoms with Crippen molar-refractivity contribution in [2.75, 3.05) is 24.9 Å². The molecule has 1 heterocycles. The van der Waals surface area contributed by atoms with Crippen LogP contribution in [0.25, 0.3) is 0 Å². The van der Waals surface area contributed by atoms with Crippen LogP contribution in [0.1, 0.15) is 11.3 Å². The Hall–Kier alpha value is -3.54. The summed E-state index contributed by atoms with van der Waals surface area (Å²) >= 11 is 0. The zero-order valence-corrected chi connectivity index (χ0v) is 18.3. The Balaban J connectivity index is 2.18. The second-order valence-corrected chi connectivity index (χ2v) is 8.55. The summed E-state index contributed by atoms with van der Waals surface area (Å²) in [5, 5.41) is 3.36. The number of nitrogens with one attached hydrogen (secondary N) is 1. The monoisotopic (exact) mass is 450 g/mol. The molecule has 0 aliphatic carbocycles. The molecule has 12 heteroatoms. The van der Waals surface area contributed by atoms with Gasteiger partial charge in [0.25, 0.3) is 15.6 Å². The number of benzene rings is 1. The molecule has 0 atom stereocenters. The smallest absolute Gasteiger partial charge is 0.275 e. The molecule has 0 bridgehead atoms. The molecule has 31 heavy (non-hydrogen) atoms. The van der Waals surface area contributed by atoms with Crippen molar-refractivity contribution >= 4 is 27.6 Å². The highest BCUT2D eigenvalue weighted by Crippen LogP contribution is 2.15. The lowest BCUT2D eigenvalue weighted by Crippen LogP contribution is -2.37. The van der Waals surface area contributed by atoms with E-state index in [9.17, 15) is 18.0 Å². The van der Waals surface area contributed by atoms with Crippen LogP contribution in [-0.2, 0) is 26.2 Å². The zero-order valence-electron chi connectivity index (χ0n) is 17.5. The number of likely N-dealkylation sites (N-methyl/N-ethyl adjacent to an activating group) is 1. The van der Waals surface area contributed by atoms with Gasteiger partial charge in [-0.25, -0.2) is 8.42 Å². The lowest BCUT2D eigenvalue weighted by atomic mass is 10.2. The molecule has 0 radical (unpaired) electrons. The van der Waals surface area contributed by atoms with Crippen LogP contribution in [0.3, 0.4) is 0 Å². The van der Waals surface area contributed by atoms with Crippen LogP contribution >= 0.6 is 0 Å². The fraction of sp³-hybridized carbons (Fsp3) is 0.316. The summed E-state index contributed by atoms with van der Waals surface area (Å²) < 4.78 is 28.8. The minimum absolute atomic E-state index is 0.0376. The highest BCUT2D eigenvalue weighted by molar-refractivity contribution is 7.92. The van der Waals surface area contributed by atoms with Crippen LogP contribution in [0.15, 0.2) is 51.2 Å². The molecule has 0 spiro atoms. The van der Waals surface area contributed by atoms with Gasteiger partial charge in [0, 0.05) is 12.7 Å². The molecule has 5 N–H and O–H groups in total. The predicted molar refractivity (Wildman–Crippen MR) is 117 cm³/mol. The maximum absolute atomic E-state index is 12.9. The van der Waals surface area contributed by atoms with Gasteiger partial charge in [-0.3, -0.25) is 14.3 Å². The molecule has 1 aromatic heterocycles. The van der Waals surface area contributed by atoms with E-state index in [1.807, 2.05) is 0 Å². The highest BCUT2D eigenvalue weighted by atomic mass is 32.2. The van der Waals surface area contributed by atoms with E-state index in [0.29, 0.717) is 5.69 Å². The second-order valence-electron chi connectivity index (χ2n) is 6.87. The number of rotatable bonds is 9. The maximum Gasteiger partial charge on any atom is 0.275 e. The van der Waals surface area contributed by atoms with Gasteiger partial charge < -0.3 is 25.8 Å². The Morgan fingerprint density at radius 2 is 1.94 bits per heavy atom. The first-order valence-corrected chi connectivity index (χ1v) is 10.7. The van der Waals surface area contributed by atoms with E-state index in [2.05, 4.69) is 9.88 Å². The van der Waals surface area contributed by atoms with Gasteiger partial charge in [0.15, 0.2) is 0 Å². The number of sulfonamides is 1. The molecular formula is C19H26N6O5S. The van der Waals surface area contributed by atoms with Crippen LogP contribution in [0.5, 0.6) is 0 Å². The normalized spacial score (nSPS) is 10.9. The summed E-state index contributed by atoms with van der Waals surface area (Å²) in [5.74, 6) is -0.613. The van der Waals surface area contributed by atoms with Crippen molar-refractivity contribution in [3.63, 3.8) is 0 Å². The molecule has 0 fully saturated rings. The van der Waals surface area contributed by atoms with Gasteiger partial charge in [0.1, 0.15) is 18.8 Å². The summed E-state index contributed by atoms with van der Waals surface area (Å²) in [6, 6.07) is 9.25. The molecule has 0 aliphatic rings. The zero-order chi connectivity index (χ0) is 23.2. The standard InChI is InChI=1S/C19H26N6O5S/c1-13-5-4-6-15(11-13)31(28,29)23-16-8-7-14(2)25(18(16)27)12-17(26)24(3)9-10-30-22-19(20)21/h4-8,11,23H,9-10,12H2,1-3H3,(H4,20,21,22). The summed E-state index contributed by atoms with van der Waals surface area (Å²) in [7, 11) is -2.43. The van der Waals surface area contributed by atoms with Crippen molar-refractivity contribution in [3.05, 3.63) is 58.0 Å². The van der Waals surface area contributed by atoms with E-state index < -0.39 is 15.6 Å². The SMILES string of the molecule is Cc1cccc(S(=O)(=O)Nc2ccc(C)n(CC(=O)N(C)CCON=C(N)N)c2=O)c1. The van der Waals surface area contributed by atoms with Gasteiger partial charge in [-0.05, 0) is 48.8 Å². The van der Waals surface area contributed by atoms with Crippen LogP contribution in [0.4, 0.5) is 5.69 Å². The van der Waals surface area contributed by atoms with E-state index in [1.165, 1.54) is 34.7 Å². The Morgan fingerprint density at radius 3 is 2.58 bits per heavy atom. The molecule has 0 saturated heterocycles. The Bertz CT molecular complexity index is 1140. The Labute approximate surface area is 180 Å². The molecule has 0 unspecified atom stereocenters. The largest absolute Gasteiger partial charge is 0.391 e. The number of hydrogen-bond acceptors (Lipinski definition) is 6. The quantitative estimate of drug-likeness (QED) is 0.208. The van der Waals surface area contributed by atoms with Crippen molar-refractivity contribution in [1.82, 2.24) is 9.47 Å². The van der Waals surface area contributed by atoms with Crippen molar-refractivity contribution < 1.29 is 18.0 Å². The molecule has 1 amide bonds. The van der Waals surface area contributed by atoms with Crippen molar-refractivity contribution in [2.45, 2.75) is 25.3 Å². The summed E-state index contributed by atoms with van der Waals surface area (Å²) in [5.41, 5.74) is 10.8. The third-order valence-electron chi connectivity index (χ3n) is 4.34. The average molecular weight is 451 g/mol. The second kappa shape index (κ2) is 9.98. The number of carbonyl (C=O) groups excluding carboxylic acids is 1. The van der Waals surface area contributed by atoms with Gasteiger partial charge in [-0.1, -0.05) is 12.1 Å². The third-order valence-corrected chi connectivity index (χ3v) is 5.71. The number of aromatic nitrogens is 1. The Morgan fingerprint density at radius 1 is 1.23 bits per heavy atom. The van der Waals surface area contributed by atoms with E-state index in [1.54, 1.807) is 32.0 Å². The maximum atomic E-state index is 12.9. The van der Waals surface area contributed by atoms with E-state index in [4.69, 9.17) is 16.3 Å². The van der Waals surface area contributed by atoms with Gasteiger partial charge in [-0.2, -0.15) is 0 Å². The van der Waals surface area contributed by atoms with Crippen molar-refractivity contribution in [3.8, 4) is 0 Å². The Kier molecular flexibility index (Phi) is 7.64. The van der Waals surface area contributed by atoms with Gasteiger partial charge in [0.05, 0.1) is 11.4 Å². The van der Waals surface area contributed by atoms with E-state index >= 15 is 0 Å². The number of hydrogen-bond donors (Lipinski definition) is 3. The van der Waals surface area contributed by atoms with Gasteiger partial charge in [0.2, 0.25) is 11.9 Å². The molecule has 2 aromatic rings. The van der Waals surface area contributed by atoms with Gasteiger partial charge in [-0.15, -0.1) is 0 Å². The predicted octanol–water partition coefficient (Wildman–Crippen LogP) is -0.0707. The van der Waals surface area contributed by atoms with Gasteiger partial charge >= 0.3 is 0 Å². The fourth-order valence-corrected chi connectivity index (χ4v) is 3.77. The topological polar surface area (TPSA) is 162 Å². The van der Waals surface area contributed by atoms with Crippen molar-refractivity contribution in [1.29, 1.82) is 0 Å². The number of oxime groups is 1. The molecule has 1 aromatic carbocycles. The van der Waals surface area contributed by atoms with Crippen LogP contribution in [0, 0.1) is 13.8 Å². The molecular weight excluding hydrogens is 424 g/mol. The van der Waals surface area contributed by atoms with E-state index in [-0.39, 0.29) is 42.1 Å². The minimum Gasteiger partial charge on any atom is -0.391 e. The number of anilines is 1. The first-order valence-electron chi connectivity index (χ1n) is 9.26. The first-order chi connectivity index (χ1) is 14.5. The molecule has 2 rings (SSSR count). The number of pyridine rings is 1. The summed E-state index contributed by atoms with van der Waals surface area (Å²) in [4.78, 5) is 31.6. The number of carbonyl (C=O) groups is 1.